The number of imidazole rings is 1. The van der Waals surface area contributed by atoms with E-state index in [2.05, 4.69) is 87.7 Å². The Bertz CT molecular complexity index is 2830. The number of aromatic amines is 1. The van der Waals surface area contributed by atoms with Gasteiger partial charge in [0.2, 0.25) is 5.91 Å². The normalized spacial score (nSPS) is 22.5. The summed E-state index contributed by atoms with van der Waals surface area (Å²) in [7, 11) is 2.60. The van der Waals surface area contributed by atoms with Gasteiger partial charge in [0, 0.05) is 24.5 Å². The van der Waals surface area contributed by atoms with Gasteiger partial charge < -0.3 is 34.9 Å². The lowest BCUT2D eigenvalue weighted by Crippen LogP contribution is -2.56. The molecule has 14 heteroatoms. The summed E-state index contributed by atoms with van der Waals surface area (Å²) >= 11 is 0. The van der Waals surface area contributed by atoms with E-state index >= 15 is 0 Å². The topological polar surface area (TPSA) is 170 Å². The number of aliphatic imine (C=N–C) groups is 1. The molecular weight excluding hydrogens is 809 g/mol. The highest BCUT2D eigenvalue weighted by atomic mass is 16.5. The van der Waals surface area contributed by atoms with Crippen molar-refractivity contribution in [3.63, 3.8) is 0 Å². The maximum Gasteiger partial charge on any atom is 0.407 e. The minimum Gasteiger partial charge on any atom is -0.453 e. The number of ether oxygens (including phenoxy) is 2. The summed E-state index contributed by atoms with van der Waals surface area (Å²) in [4.78, 5) is 69.9. The maximum atomic E-state index is 14.4. The minimum atomic E-state index is -0.854. The number of carbonyl (C=O) groups is 4. The number of methoxy groups -OCH3 is 2. The summed E-state index contributed by atoms with van der Waals surface area (Å²) in [6, 6.07) is 31.3. The van der Waals surface area contributed by atoms with Gasteiger partial charge in [-0.2, -0.15) is 0 Å². The molecule has 3 aliphatic heterocycles. The van der Waals surface area contributed by atoms with Crippen molar-refractivity contribution in [3.05, 3.63) is 114 Å². The Morgan fingerprint density at radius 1 is 0.797 bits per heavy atom. The van der Waals surface area contributed by atoms with Crippen molar-refractivity contribution in [2.75, 3.05) is 27.3 Å². The number of aromatic nitrogens is 2. The van der Waals surface area contributed by atoms with Crippen LogP contribution in [-0.2, 0) is 19.1 Å². The molecule has 7 unspecified atom stereocenters. The lowest BCUT2D eigenvalue weighted by Gasteiger charge is -2.39. The van der Waals surface area contributed by atoms with E-state index in [1.54, 1.807) is 0 Å². The quantitative estimate of drug-likeness (QED) is 0.110. The summed E-state index contributed by atoms with van der Waals surface area (Å²) in [5.74, 6) is 0.816. The molecule has 4 aliphatic rings. The van der Waals surface area contributed by atoms with Crippen molar-refractivity contribution in [1.82, 2.24) is 35.7 Å². The first-order valence-electron chi connectivity index (χ1n) is 22.3. The molecular formula is C50H52N8O6. The number of amides is 4. The molecule has 64 heavy (non-hydrogen) atoms. The number of benzene rings is 5. The second kappa shape index (κ2) is 17.1. The number of hydrogen-bond acceptors (Lipinski definition) is 9. The molecule has 2 bridgehead atoms. The Morgan fingerprint density at radius 2 is 1.50 bits per heavy atom. The van der Waals surface area contributed by atoms with E-state index in [4.69, 9.17) is 19.5 Å². The van der Waals surface area contributed by atoms with Gasteiger partial charge in [-0.15, -0.1) is 0 Å². The molecule has 1 aliphatic carbocycles. The second-order valence-electron chi connectivity index (χ2n) is 17.4. The zero-order valence-corrected chi connectivity index (χ0v) is 36.2. The summed E-state index contributed by atoms with van der Waals surface area (Å²) in [6.45, 7) is 3.07. The van der Waals surface area contributed by atoms with Gasteiger partial charge in [0.1, 0.15) is 24.1 Å². The fourth-order valence-corrected chi connectivity index (χ4v) is 10.7. The molecule has 1 saturated carbocycles. The molecule has 7 atom stereocenters. The lowest BCUT2D eigenvalue weighted by atomic mass is 9.94. The van der Waals surface area contributed by atoms with Crippen LogP contribution in [0.5, 0.6) is 0 Å². The van der Waals surface area contributed by atoms with Crippen LogP contribution in [0.15, 0.2) is 102 Å². The van der Waals surface area contributed by atoms with Crippen molar-refractivity contribution in [2.45, 2.75) is 81.8 Å². The largest absolute Gasteiger partial charge is 0.453 e. The Hall–Kier alpha value is -6.80. The number of nitrogens with zero attached hydrogens (tertiary/aromatic N) is 4. The number of hydrogen-bond donors (Lipinski definition) is 4. The highest BCUT2D eigenvalue weighted by Crippen LogP contribution is 2.46. The van der Waals surface area contributed by atoms with Crippen LogP contribution < -0.4 is 16.0 Å². The second-order valence-corrected chi connectivity index (χ2v) is 17.4. The van der Waals surface area contributed by atoms with Crippen LogP contribution in [0.3, 0.4) is 0 Å². The Kier molecular flexibility index (Phi) is 11.0. The summed E-state index contributed by atoms with van der Waals surface area (Å²) in [6.07, 6.45) is 3.52. The molecule has 0 radical (unpaired) electrons. The fourth-order valence-electron chi connectivity index (χ4n) is 10.7. The van der Waals surface area contributed by atoms with Crippen molar-refractivity contribution >= 4 is 62.3 Å². The van der Waals surface area contributed by atoms with Crippen molar-refractivity contribution in [1.29, 1.82) is 0 Å². The van der Waals surface area contributed by atoms with E-state index in [1.165, 1.54) is 14.2 Å². The number of piperidine rings is 1. The number of fused-ring (bicyclic) bond motifs is 6. The molecule has 14 nitrogen and oxygen atoms in total. The van der Waals surface area contributed by atoms with Crippen LogP contribution >= 0.6 is 0 Å². The summed E-state index contributed by atoms with van der Waals surface area (Å²) < 4.78 is 9.67. The van der Waals surface area contributed by atoms with E-state index < -0.39 is 24.3 Å². The third-order valence-electron chi connectivity index (χ3n) is 13.9. The first kappa shape index (κ1) is 41.2. The van der Waals surface area contributed by atoms with Crippen LogP contribution in [0, 0.1) is 5.92 Å². The number of alkyl carbamates (subject to hydrolysis) is 2. The van der Waals surface area contributed by atoms with E-state index in [-0.39, 0.29) is 36.1 Å². The molecule has 3 fully saturated rings. The molecule has 4 amide bonds. The fraction of sp³-hybridized carbons (Fsp3) is 0.360. The van der Waals surface area contributed by atoms with Gasteiger partial charge in [-0.1, -0.05) is 79.7 Å². The highest BCUT2D eigenvalue weighted by Gasteiger charge is 2.53. The molecule has 4 N–H and O–H groups in total. The Balaban J connectivity index is 0.867. The molecule has 10 rings (SSSR count). The Morgan fingerprint density at radius 3 is 2.27 bits per heavy atom. The summed E-state index contributed by atoms with van der Waals surface area (Å²) in [5.41, 5.74) is 6.71. The molecule has 5 aromatic carbocycles. The summed E-state index contributed by atoms with van der Waals surface area (Å²) in [5, 5.41) is 13.4. The van der Waals surface area contributed by atoms with E-state index in [0.29, 0.717) is 25.4 Å². The zero-order valence-electron chi connectivity index (χ0n) is 36.2. The smallest absolute Gasteiger partial charge is 0.407 e. The van der Waals surface area contributed by atoms with Gasteiger partial charge in [-0.05, 0) is 107 Å². The maximum absolute atomic E-state index is 14.4. The van der Waals surface area contributed by atoms with E-state index in [9.17, 15) is 19.2 Å². The number of H-pyrrole nitrogens is 1. The van der Waals surface area contributed by atoms with Crippen LogP contribution in [0.2, 0.25) is 0 Å². The van der Waals surface area contributed by atoms with Gasteiger partial charge in [0.25, 0.3) is 5.91 Å². The first-order chi connectivity index (χ1) is 31.2. The number of rotatable bonds is 10. The zero-order chi connectivity index (χ0) is 44.1. The monoisotopic (exact) mass is 860 g/mol. The molecule has 4 heterocycles. The van der Waals surface area contributed by atoms with Gasteiger partial charge in [0.15, 0.2) is 0 Å². The average Bonchev–Trinajstić information content (AvgIpc) is 4.20. The standard InChI is InChI=1S/C50H52N8O6/c1-4-38(54-49(61)63-2)47(59)57-22-8-11-41(57)45-52-39-21-18-33-24-32(17-20-37(33)43(39)55-45)29-12-13-31-25-34(15-14-30(31)23-29)40-27-51-46(53-40)44-35-16-19-36(26-35)58(44)48(60)42(56-50(62)64-3)28-9-6-5-7-10-28/h5-7,9-10,12-15,17-18,20-21,23-25,35-36,38,41-42,44,46,51H,4,8,11,16,19,22,26-27H2,1-3H3,(H,52,55)(H,54,61)(H,56,62). The SMILES string of the molecule is CCC(NC(=O)OC)C(=O)N1CCCC1c1nc2c(ccc3cc(-c4ccc5cc(C6=NC(C7C8CCC(C8)N7C(=O)C(NC(=O)OC)c7ccccc7)NC6)ccc5c4)ccc32)[nH]1. The number of likely N-dealkylation sites (tertiary alicyclic amines) is 2. The van der Waals surface area contributed by atoms with Gasteiger partial charge in [-0.25, -0.2) is 14.6 Å². The molecule has 328 valence electrons. The first-order valence-corrected chi connectivity index (χ1v) is 22.3. The average molecular weight is 861 g/mol. The van der Waals surface area contributed by atoms with E-state index in [1.807, 2.05) is 47.1 Å². The van der Waals surface area contributed by atoms with Crippen LogP contribution in [0.25, 0.3) is 43.7 Å². The van der Waals surface area contributed by atoms with Gasteiger partial charge in [0.05, 0.1) is 43.0 Å². The molecule has 6 aromatic rings. The highest BCUT2D eigenvalue weighted by molar-refractivity contribution is 6.07. The minimum absolute atomic E-state index is 0.108. The predicted molar refractivity (Wildman–Crippen MR) is 245 cm³/mol. The lowest BCUT2D eigenvalue weighted by molar-refractivity contribution is -0.138. The van der Waals surface area contributed by atoms with Gasteiger partial charge in [-0.3, -0.25) is 19.9 Å². The third-order valence-corrected chi connectivity index (χ3v) is 13.9. The van der Waals surface area contributed by atoms with Gasteiger partial charge >= 0.3 is 12.2 Å². The molecule has 0 spiro atoms. The van der Waals surface area contributed by atoms with E-state index in [0.717, 1.165) is 98.5 Å². The Labute approximate surface area is 370 Å². The van der Waals surface area contributed by atoms with Crippen molar-refractivity contribution in [3.8, 4) is 11.1 Å². The number of carbonyl (C=O) groups excluding carboxylic acids is 4. The molecule has 1 aromatic heterocycles. The molecule has 2 saturated heterocycles. The predicted octanol–water partition coefficient (Wildman–Crippen LogP) is 7.53. The van der Waals surface area contributed by atoms with Crippen LogP contribution in [0.1, 0.15) is 74.5 Å². The van der Waals surface area contributed by atoms with Crippen LogP contribution in [0.4, 0.5) is 9.59 Å². The van der Waals surface area contributed by atoms with Crippen molar-refractivity contribution in [2.24, 2.45) is 10.9 Å². The van der Waals surface area contributed by atoms with Crippen molar-refractivity contribution < 1.29 is 28.7 Å². The third kappa shape index (κ3) is 7.48. The number of nitrogens with one attached hydrogen (secondary N) is 4. The van der Waals surface area contributed by atoms with Crippen LogP contribution in [-0.4, -0.2) is 101 Å².